The number of carbonyl (C=O) groups is 3. The number of nitrogens with one attached hydrogen (secondary N) is 3. The van der Waals surface area contributed by atoms with Crippen molar-refractivity contribution in [1.82, 2.24) is 16.2 Å². The number of hydrogen-bond donors (Lipinski definition) is 3. The van der Waals surface area contributed by atoms with Gasteiger partial charge in [0.2, 0.25) is 0 Å². The van der Waals surface area contributed by atoms with Crippen LogP contribution >= 0.6 is 15.9 Å². The normalized spacial score (nSPS) is 10.8. The van der Waals surface area contributed by atoms with Crippen molar-refractivity contribution < 1.29 is 32.3 Å². The maximum absolute atomic E-state index is 13.0. The van der Waals surface area contributed by atoms with Crippen molar-refractivity contribution in [3.05, 3.63) is 69.7 Å². The van der Waals surface area contributed by atoms with Gasteiger partial charge in [0.15, 0.2) is 0 Å². The van der Waals surface area contributed by atoms with Gasteiger partial charge in [-0.1, -0.05) is 46.3 Å². The minimum Gasteiger partial charge on any atom is -0.445 e. The third-order valence-electron chi connectivity index (χ3n) is 3.45. The first-order valence-corrected chi connectivity index (χ1v) is 8.86. The summed E-state index contributed by atoms with van der Waals surface area (Å²) in [5.41, 5.74) is 2.69. The summed E-state index contributed by atoms with van der Waals surface area (Å²) in [5, 5.41) is 2.15. The number of halogens is 4. The molecular weight excluding hydrogens is 459 g/mol. The number of hydrazine groups is 1. The molecule has 154 valence electrons. The van der Waals surface area contributed by atoms with E-state index in [4.69, 9.17) is 4.74 Å². The van der Waals surface area contributed by atoms with Gasteiger partial charge >= 0.3 is 12.3 Å². The second-order valence-corrected chi connectivity index (χ2v) is 6.52. The molecule has 2 aromatic rings. The highest BCUT2D eigenvalue weighted by molar-refractivity contribution is 9.10. The van der Waals surface area contributed by atoms with Crippen LogP contribution in [0.4, 0.5) is 18.0 Å². The van der Waals surface area contributed by atoms with Crippen LogP contribution < -0.4 is 16.2 Å². The zero-order valence-corrected chi connectivity index (χ0v) is 16.3. The number of amides is 3. The summed E-state index contributed by atoms with van der Waals surface area (Å²) in [6, 6.07) is 11.8. The molecule has 2 aromatic carbocycles. The minimum atomic E-state index is -4.76. The summed E-state index contributed by atoms with van der Waals surface area (Å²) in [7, 11) is 0. The van der Waals surface area contributed by atoms with Crippen LogP contribution in [-0.4, -0.2) is 24.5 Å². The second kappa shape index (κ2) is 9.92. The molecule has 3 N–H and O–H groups in total. The van der Waals surface area contributed by atoms with E-state index in [1.165, 1.54) is 6.07 Å². The Hall–Kier alpha value is -3.08. The lowest BCUT2D eigenvalue weighted by Crippen LogP contribution is -2.46. The Morgan fingerprint density at radius 1 is 1.00 bits per heavy atom. The number of rotatable bonds is 5. The molecule has 0 radical (unpaired) electrons. The van der Waals surface area contributed by atoms with E-state index in [-0.39, 0.29) is 11.1 Å². The minimum absolute atomic E-state index is 0.00514. The Morgan fingerprint density at radius 2 is 1.69 bits per heavy atom. The summed E-state index contributed by atoms with van der Waals surface area (Å²) in [4.78, 5) is 35.2. The molecule has 0 atom stereocenters. The molecular formula is C18H15BrF3N3O4. The van der Waals surface area contributed by atoms with Gasteiger partial charge in [-0.15, -0.1) is 0 Å². The molecule has 0 bridgehead atoms. The van der Waals surface area contributed by atoms with E-state index in [0.717, 1.165) is 17.7 Å². The van der Waals surface area contributed by atoms with Crippen LogP contribution in [0, 0.1) is 0 Å². The van der Waals surface area contributed by atoms with Gasteiger partial charge in [-0.25, -0.2) is 4.79 Å². The number of alkyl carbamates (subject to hydrolysis) is 1. The number of ether oxygens (including phenoxy) is 1. The number of carbonyl (C=O) groups excluding carboxylic acids is 3. The zero-order chi connectivity index (χ0) is 21.4. The summed E-state index contributed by atoms with van der Waals surface area (Å²) in [5.74, 6) is -2.02. The smallest absolute Gasteiger partial charge is 0.417 e. The number of hydrogen-bond acceptors (Lipinski definition) is 4. The van der Waals surface area contributed by atoms with Crippen molar-refractivity contribution in [2.75, 3.05) is 6.54 Å². The third-order valence-corrected chi connectivity index (χ3v) is 3.95. The Balaban J connectivity index is 1.80. The lowest BCUT2D eigenvalue weighted by molar-refractivity contribution is -0.138. The molecule has 0 heterocycles. The van der Waals surface area contributed by atoms with E-state index in [2.05, 4.69) is 21.2 Å². The molecule has 11 heteroatoms. The maximum Gasteiger partial charge on any atom is 0.417 e. The summed E-state index contributed by atoms with van der Waals surface area (Å²) in [6.07, 6.45) is -5.63. The largest absolute Gasteiger partial charge is 0.445 e. The lowest BCUT2D eigenvalue weighted by Gasteiger charge is -2.14. The lowest BCUT2D eigenvalue weighted by atomic mass is 10.1. The monoisotopic (exact) mass is 473 g/mol. The van der Waals surface area contributed by atoms with E-state index in [1.807, 2.05) is 10.9 Å². The van der Waals surface area contributed by atoms with Crippen molar-refractivity contribution in [2.45, 2.75) is 12.8 Å². The fourth-order valence-electron chi connectivity index (χ4n) is 2.11. The van der Waals surface area contributed by atoms with E-state index in [1.54, 1.807) is 30.3 Å². The van der Waals surface area contributed by atoms with Crippen LogP contribution in [0.15, 0.2) is 53.0 Å². The molecule has 0 aliphatic carbocycles. The van der Waals surface area contributed by atoms with Crippen LogP contribution in [0.5, 0.6) is 0 Å². The summed E-state index contributed by atoms with van der Waals surface area (Å²) in [6.45, 7) is -0.560. The molecule has 29 heavy (non-hydrogen) atoms. The number of benzene rings is 2. The first-order valence-electron chi connectivity index (χ1n) is 8.07. The van der Waals surface area contributed by atoms with Crippen molar-refractivity contribution >= 4 is 33.8 Å². The van der Waals surface area contributed by atoms with E-state index in [0.29, 0.717) is 0 Å². The van der Waals surface area contributed by atoms with Gasteiger partial charge in [0, 0.05) is 4.47 Å². The molecule has 0 aliphatic rings. The van der Waals surface area contributed by atoms with Crippen molar-refractivity contribution in [1.29, 1.82) is 0 Å². The highest BCUT2D eigenvalue weighted by Gasteiger charge is 2.35. The Kier molecular flexibility index (Phi) is 7.59. The fraction of sp³-hybridized carbons (Fsp3) is 0.167. The fourth-order valence-corrected chi connectivity index (χ4v) is 2.47. The van der Waals surface area contributed by atoms with Crippen LogP contribution in [0.1, 0.15) is 21.5 Å². The topological polar surface area (TPSA) is 96.5 Å². The molecule has 0 spiro atoms. The summed E-state index contributed by atoms with van der Waals surface area (Å²) >= 11 is 2.91. The van der Waals surface area contributed by atoms with Gasteiger partial charge in [-0.2, -0.15) is 13.2 Å². The van der Waals surface area contributed by atoms with E-state index >= 15 is 0 Å². The van der Waals surface area contributed by atoms with E-state index < -0.39 is 41.8 Å². The maximum atomic E-state index is 13.0. The van der Waals surface area contributed by atoms with Crippen molar-refractivity contribution in [3.8, 4) is 0 Å². The van der Waals surface area contributed by atoms with Gasteiger partial charge in [0.05, 0.1) is 11.1 Å². The standard InChI is InChI=1S/C18H15BrF3N3O4/c19-12-6-7-13(14(8-12)18(20,21)22)16(27)25-24-15(26)9-23-17(28)29-10-11-4-2-1-3-5-11/h1-8H,9-10H2,(H,23,28)(H,24,26)(H,25,27). The highest BCUT2D eigenvalue weighted by Crippen LogP contribution is 2.33. The molecule has 7 nitrogen and oxygen atoms in total. The van der Waals surface area contributed by atoms with Crippen LogP contribution in [-0.2, 0) is 22.3 Å². The molecule has 3 amide bonds. The Bertz CT molecular complexity index is 892. The number of alkyl halides is 3. The molecule has 0 saturated carbocycles. The van der Waals surface area contributed by atoms with Crippen molar-refractivity contribution in [2.24, 2.45) is 0 Å². The van der Waals surface area contributed by atoms with Gasteiger partial charge in [0.1, 0.15) is 13.2 Å². The predicted octanol–water partition coefficient (Wildman–Crippen LogP) is 3.16. The molecule has 0 saturated heterocycles. The summed E-state index contributed by atoms with van der Waals surface area (Å²) < 4.78 is 44.2. The molecule has 0 unspecified atom stereocenters. The third kappa shape index (κ3) is 7.11. The zero-order valence-electron chi connectivity index (χ0n) is 14.7. The molecule has 2 rings (SSSR count). The van der Waals surface area contributed by atoms with Gasteiger partial charge in [-0.3, -0.25) is 20.4 Å². The first kappa shape index (κ1) is 22.2. The van der Waals surface area contributed by atoms with Crippen molar-refractivity contribution in [3.63, 3.8) is 0 Å². The van der Waals surface area contributed by atoms with Crippen LogP contribution in [0.3, 0.4) is 0 Å². The van der Waals surface area contributed by atoms with Gasteiger partial charge in [-0.05, 0) is 23.8 Å². The first-order chi connectivity index (χ1) is 13.7. The highest BCUT2D eigenvalue weighted by atomic mass is 79.9. The molecule has 0 aromatic heterocycles. The van der Waals surface area contributed by atoms with Crippen LogP contribution in [0.25, 0.3) is 0 Å². The van der Waals surface area contributed by atoms with Crippen LogP contribution in [0.2, 0.25) is 0 Å². The predicted molar refractivity (Wildman–Crippen MR) is 99.4 cm³/mol. The average Bonchev–Trinajstić information content (AvgIpc) is 2.69. The Labute approximate surface area is 171 Å². The van der Waals surface area contributed by atoms with Gasteiger partial charge in [0.25, 0.3) is 11.8 Å². The Morgan fingerprint density at radius 3 is 2.34 bits per heavy atom. The molecule has 0 aliphatic heterocycles. The average molecular weight is 474 g/mol. The van der Waals surface area contributed by atoms with E-state index in [9.17, 15) is 27.6 Å². The SMILES string of the molecule is O=C(CNC(=O)OCc1ccccc1)NNC(=O)c1ccc(Br)cc1C(F)(F)F. The molecule has 0 fully saturated rings. The second-order valence-electron chi connectivity index (χ2n) is 5.61. The van der Waals surface area contributed by atoms with Gasteiger partial charge < -0.3 is 10.1 Å². The quantitative estimate of drug-likeness (QED) is 0.581.